The van der Waals surface area contributed by atoms with Crippen LogP contribution in [0.5, 0.6) is 0 Å². The first kappa shape index (κ1) is 10.5. The Morgan fingerprint density at radius 1 is 1.57 bits per heavy atom. The summed E-state index contributed by atoms with van der Waals surface area (Å²) in [5, 5.41) is 2.53. The predicted octanol–water partition coefficient (Wildman–Crippen LogP) is 1.06. The Kier molecular flexibility index (Phi) is 3.41. The van der Waals surface area contributed by atoms with Crippen LogP contribution in [0.2, 0.25) is 0 Å². The third-order valence-corrected chi connectivity index (χ3v) is 1.83. The molecule has 1 unspecified atom stereocenters. The van der Waals surface area contributed by atoms with Crippen molar-refractivity contribution in [2.75, 3.05) is 0 Å². The molecule has 0 radical (unpaired) electrons. The molecular weight excluding hydrogens is 185 g/mol. The average molecular weight is 197 g/mol. The van der Waals surface area contributed by atoms with Gasteiger partial charge in [-0.1, -0.05) is 12.1 Å². The highest BCUT2D eigenvalue weighted by atomic mass is 19.1. The molecule has 0 aliphatic carbocycles. The van der Waals surface area contributed by atoms with Gasteiger partial charge < -0.3 is 5.32 Å². The molecule has 0 saturated heterocycles. The molecule has 0 aliphatic rings. The summed E-state index contributed by atoms with van der Waals surface area (Å²) in [6.45, 7) is 1.74. The van der Waals surface area contributed by atoms with Crippen molar-refractivity contribution in [2.45, 2.75) is 13.0 Å². The van der Waals surface area contributed by atoms with Gasteiger partial charge in [0.05, 0.1) is 6.04 Å². The molecular formula is C9H12FN3O. The van der Waals surface area contributed by atoms with Gasteiger partial charge in [-0.2, -0.15) is 0 Å². The Balaban J connectivity index is 2.69. The van der Waals surface area contributed by atoms with Crippen LogP contribution in [0.25, 0.3) is 0 Å². The SMILES string of the molecule is CC(NC(=O)NN)c1cccc(F)c1. The van der Waals surface area contributed by atoms with Crippen molar-refractivity contribution in [1.29, 1.82) is 0 Å². The summed E-state index contributed by atoms with van der Waals surface area (Å²) in [5.41, 5.74) is 2.62. The number of hydrogen-bond acceptors (Lipinski definition) is 2. The molecule has 1 aromatic rings. The van der Waals surface area contributed by atoms with E-state index in [9.17, 15) is 9.18 Å². The first-order valence-corrected chi connectivity index (χ1v) is 4.16. The number of carbonyl (C=O) groups excluding carboxylic acids is 1. The first-order valence-electron chi connectivity index (χ1n) is 4.16. The van der Waals surface area contributed by atoms with E-state index < -0.39 is 6.03 Å². The van der Waals surface area contributed by atoms with Gasteiger partial charge in [0.25, 0.3) is 0 Å². The first-order chi connectivity index (χ1) is 6.63. The minimum absolute atomic E-state index is 0.283. The number of hydrazine groups is 1. The van der Waals surface area contributed by atoms with Crippen molar-refractivity contribution in [2.24, 2.45) is 5.84 Å². The molecule has 1 aromatic carbocycles. The Morgan fingerprint density at radius 2 is 2.29 bits per heavy atom. The maximum absolute atomic E-state index is 12.8. The third kappa shape index (κ3) is 2.70. The zero-order chi connectivity index (χ0) is 10.6. The van der Waals surface area contributed by atoms with Crippen LogP contribution in [0.1, 0.15) is 18.5 Å². The number of hydrogen-bond donors (Lipinski definition) is 3. The van der Waals surface area contributed by atoms with Crippen molar-refractivity contribution >= 4 is 6.03 Å². The molecule has 1 atom stereocenters. The summed E-state index contributed by atoms with van der Waals surface area (Å²) in [5.74, 6) is 4.56. The Bertz CT molecular complexity index is 330. The van der Waals surface area contributed by atoms with Crippen LogP contribution in [0.4, 0.5) is 9.18 Å². The quantitative estimate of drug-likeness (QED) is 0.377. The van der Waals surface area contributed by atoms with E-state index in [4.69, 9.17) is 5.84 Å². The van der Waals surface area contributed by atoms with E-state index in [0.29, 0.717) is 5.56 Å². The Labute approximate surface area is 81.3 Å². The molecule has 0 bridgehead atoms. The lowest BCUT2D eigenvalue weighted by Gasteiger charge is -2.13. The second-order valence-corrected chi connectivity index (χ2v) is 2.89. The summed E-state index contributed by atoms with van der Waals surface area (Å²) < 4.78 is 12.8. The van der Waals surface area contributed by atoms with Gasteiger partial charge in [0.2, 0.25) is 0 Å². The van der Waals surface area contributed by atoms with Crippen LogP contribution in [0.3, 0.4) is 0 Å². The van der Waals surface area contributed by atoms with Gasteiger partial charge in [-0.15, -0.1) is 0 Å². The molecule has 14 heavy (non-hydrogen) atoms. The molecule has 0 spiro atoms. The maximum Gasteiger partial charge on any atom is 0.329 e. The number of urea groups is 1. The highest BCUT2D eigenvalue weighted by Crippen LogP contribution is 2.12. The van der Waals surface area contributed by atoms with Crippen LogP contribution in [-0.2, 0) is 0 Å². The summed E-state index contributed by atoms with van der Waals surface area (Å²) in [6.07, 6.45) is 0. The number of benzene rings is 1. The molecule has 0 heterocycles. The lowest BCUT2D eigenvalue weighted by molar-refractivity contribution is 0.238. The topological polar surface area (TPSA) is 67.2 Å². The van der Waals surface area contributed by atoms with Crippen LogP contribution >= 0.6 is 0 Å². The van der Waals surface area contributed by atoms with Gasteiger partial charge >= 0.3 is 6.03 Å². The molecule has 2 amide bonds. The minimum Gasteiger partial charge on any atom is -0.331 e. The van der Waals surface area contributed by atoms with Crippen molar-refractivity contribution < 1.29 is 9.18 Å². The van der Waals surface area contributed by atoms with Crippen LogP contribution < -0.4 is 16.6 Å². The molecule has 4 N–H and O–H groups in total. The molecule has 0 saturated carbocycles. The number of rotatable bonds is 2. The van der Waals surface area contributed by atoms with Gasteiger partial charge in [0, 0.05) is 0 Å². The molecule has 5 heteroatoms. The van der Waals surface area contributed by atoms with Crippen molar-refractivity contribution in [3.05, 3.63) is 35.6 Å². The molecule has 0 aromatic heterocycles. The van der Waals surface area contributed by atoms with E-state index in [1.807, 2.05) is 5.43 Å². The zero-order valence-electron chi connectivity index (χ0n) is 7.75. The molecule has 76 valence electrons. The van der Waals surface area contributed by atoms with E-state index >= 15 is 0 Å². The monoisotopic (exact) mass is 197 g/mol. The van der Waals surface area contributed by atoms with E-state index in [1.165, 1.54) is 12.1 Å². The fourth-order valence-corrected chi connectivity index (χ4v) is 1.10. The lowest BCUT2D eigenvalue weighted by atomic mass is 10.1. The van der Waals surface area contributed by atoms with Crippen molar-refractivity contribution in [1.82, 2.24) is 10.7 Å². The van der Waals surface area contributed by atoms with Gasteiger partial charge in [0.1, 0.15) is 5.82 Å². The van der Waals surface area contributed by atoms with Gasteiger partial charge in [-0.05, 0) is 24.6 Å². The van der Waals surface area contributed by atoms with E-state index in [0.717, 1.165) is 0 Å². The molecule has 1 rings (SSSR count). The zero-order valence-corrected chi connectivity index (χ0v) is 7.75. The minimum atomic E-state index is -0.498. The van der Waals surface area contributed by atoms with Gasteiger partial charge in [-0.25, -0.2) is 15.0 Å². The van der Waals surface area contributed by atoms with Crippen LogP contribution in [-0.4, -0.2) is 6.03 Å². The Morgan fingerprint density at radius 3 is 2.86 bits per heavy atom. The Hall–Kier alpha value is -1.62. The molecule has 4 nitrogen and oxygen atoms in total. The molecule has 0 fully saturated rings. The van der Waals surface area contributed by atoms with Gasteiger partial charge in [-0.3, -0.25) is 5.43 Å². The number of carbonyl (C=O) groups is 1. The smallest absolute Gasteiger partial charge is 0.329 e. The third-order valence-electron chi connectivity index (χ3n) is 1.83. The predicted molar refractivity (Wildman–Crippen MR) is 50.7 cm³/mol. The van der Waals surface area contributed by atoms with Crippen molar-refractivity contribution in [3.8, 4) is 0 Å². The standard InChI is InChI=1S/C9H12FN3O/c1-6(12-9(14)13-11)7-3-2-4-8(10)5-7/h2-6H,11H2,1H3,(H2,12,13,14). The summed E-state index contributed by atoms with van der Waals surface area (Å²) in [6, 6.07) is 5.24. The highest BCUT2D eigenvalue weighted by Gasteiger charge is 2.08. The normalized spacial score (nSPS) is 11.9. The number of nitrogens with two attached hydrogens (primary N) is 1. The number of amides is 2. The summed E-state index contributed by atoms with van der Waals surface area (Å²) >= 11 is 0. The van der Waals surface area contributed by atoms with Gasteiger partial charge in [0.15, 0.2) is 0 Å². The van der Waals surface area contributed by atoms with Crippen LogP contribution in [0, 0.1) is 5.82 Å². The van der Waals surface area contributed by atoms with Crippen molar-refractivity contribution in [3.63, 3.8) is 0 Å². The summed E-state index contributed by atoms with van der Waals surface area (Å²) in [7, 11) is 0. The largest absolute Gasteiger partial charge is 0.331 e. The fourth-order valence-electron chi connectivity index (χ4n) is 1.10. The number of halogens is 1. The maximum atomic E-state index is 12.8. The second-order valence-electron chi connectivity index (χ2n) is 2.89. The van der Waals surface area contributed by atoms with Crippen LogP contribution in [0.15, 0.2) is 24.3 Å². The second kappa shape index (κ2) is 4.57. The average Bonchev–Trinajstić information content (AvgIpc) is 2.17. The van der Waals surface area contributed by atoms with E-state index in [1.54, 1.807) is 19.1 Å². The highest BCUT2D eigenvalue weighted by molar-refractivity contribution is 5.73. The fraction of sp³-hybridized carbons (Fsp3) is 0.222. The van der Waals surface area contributed by atoms with E-state index in [2.05, 4.69) is 5.32 Å². The number of nitrogens with one attached hydrogen (secondary N) is 2. The summed E-state index contributed by atoms with van der Waals surface area (Å²) in [4.78, 5) is 10.8. The lowest BCUT2D eigenvalue weighted by Crippen LogP contribution is -2.40. The van der Waals surface area contributed by atoms with E-state index in [-0.39, 0.29) is 11.9 Å². The molecule has 0 aliphatic heterocycles.